The number of ether oxygens (including phenoxy) is 1. The van der Waals surface area contributed by atoms with Crippen molar-refractivity contribution in [2.75, 3.05) is 33.3 Å². The van der Waals surface area contributed by atoms with Crippen LogP contribution in [-0.4, -0.2) is 77.4 Å². The third kappa shape index (κ3) is 8.16. The summed E-state index contributed by atoms with van der Waals surface area (Å²) in [6.07, 6.45) is 2.12. The highest BCUT2D eigenvalue weighted by atomic mass is 16.5. The lowest BCUT2D eigenvalue weighted by Gasteiger charge is -2.24. The van der Waals surface area contributed by atoms with Crippen molar-refractivity contribution in [1.82, 2.24) is 30.4 Å². The number of carbonyl (C=O) groups excluding carboxylic acids is 4. The van der Waals surface area contributed by atoms with E-state index in [4.69, 9.17) is 9.15 Å². The Morgan fingerprint density at radius 1 is 1.02 bits per heavy atom. The molecule has 1 aromatic carbocycles. The number of nitrogens with zero attached hydrogens (tertiary/aromatic N) is 2. The first kappa shape index (κ1) is 32.5. The van der Waals surface area contributed by atoms with E-state index in [1.807, 2.05) is 13.8 Å². The topological polar surface area (TPSA) is 168 Å². The van der Waals surface area contributed by atoms with Crippen molar-refractivity contribution < 1.29 is 28.3 Å². The normalized spacial score (nSPS) is 18.8. The Morgan fingerprint density at radius 3 is 2.55 bits per heavy atom. The number of imidazole rings is 1. The van der Waals surface area contributed by atoms with Gasteiger partial charge in [0.2, 0.25) is 11.8 Å². The molecular formula is C31H42N6O7. The number of hydrogen-bond acceptors (Lipinski definition) is 7. The van der Waals surface area contributed by atoms with Crippen LogP contribution in [0, 0.1) is 5.92 Å². The van der Waals surface area contributed by atoms with Gasteiger partial charge >= 0.3 is 5.69 Å². The van der Waals surface area contributed by atoms with E-state index in [-0.39, 0.29) is 60.6 Å². The summed E-state index contributed by atoms with van der Waals surface area (Å²) in [5, 5.41) is 8.66. The molecule has 0 unspecified atom stereocenters. The Bertz CT molecular complexity index is 1520. The molecule has 3 heterocycles. The zero-order valence-corrected chi connectivity index (χ0v) is 25.6. The number of furan rings is 1. The number of nitrogens with one attached hydrogen (secondary N) is 4. The van der Waals surface area contributed by atoms with Gasteiger partial charge in [-0.15, -0.1) is 0 Å². The van der Waals surface area contributed by atoms with Crippen LogP contribution < -0.4 is 21.6 Å². The highest BCUT2D eigenvalue weighted by Crippen LogP contribution is 2.16. The van der Waals surface area contributed by atoms with Gasteiger partial charge in [0.15, 0.2) is 5.76 Å². The second-order valence-corrected chi connectivity index (χ2v) is 11.1. The van der Waals surface area contributed by atoms with Crippen LogP contribution in [0.2, 0.25) is 0 Å². The Labute approximate surface area is 255 Å². The third-order valence-corrected chi connectivity index (χ3v) is 7.88. The molecule has 0 spiro atoms. The van der Waals surface area contributed by atoms with Crippen molar-refractivity contribution in [3.8, 4) is 0 Å². The lowest BCUT2D eigenvalue weighted by atomic mass is 9.98. The molecule has 44 heavy (non-hydrogen) atoms. The summed E-state index contributed by atoms with van der Waals surface area (Å²) in [5.41, 5.74) is 1.30. The molecule has 13 nitrogen and oxygen atoms in total. The maximum atomic E-state index is 13.3. The third-order valence-electron chi connectivity index (χ3n) is 7.88. The molecule has 0 saturated heterocycles. The van der Waals surface area contributed by atoms with Gasteiger partial charge in [0, 0.05) is 51.8 Å². The Hall–Kier alpha value is -4.39. The van der Waals surface area contributed by atoms with Gasteiger partial charge in [0.25, 0.3) is 11.8 Å². The number of aromatic nitrogens is 2. The van der Waals surface area contributed by atoms with Crippen LogP contribution in [0.4, 0.5) is 0 Å². The van der Waals surface area contributed by atoms with Gasteiger partial charge in [0.1, 0.15) is 18.4 Å². The van der Waals surface area contributed by atoms with E-state index in [2.05, 4.69) is 20.9 Å². The highest BCUT2D eigenvalue weighted by molar-refractivity contribution is 5.97. The fourth-order valence-corrected chi connectivity index (χ4v) is 5.21. The number of aromatic amines is 1. The molecule has 4 rings (SSSR count). The number of rotatable bonds is 5. The van der Waals surface area contributed by atoms with Crippen molar-refractivity contribution in [3.05, 3.63) is 57.9 Å². The van der Waals surface area contributed by atoms with Crippen molar-refractivity contribution in [1.29, 1.82) is 0 Å². The first-order chi connectivity index (χ1) is 21.2. The van der Waals surface area contributed by atoms with Crippen LogP contribution in [0.5, 0.6) is 0 Å². The molecule has 4 N–H and O–H groups in total. The number of methoxy groups -OCH3 is 1. The molecule has 2 atom stereocenters. The summed E-state index contributed by atoms with van der Waals surface area (Å²) in [7, 11) is 1.54. The molecule has 3 aromatic rings. The molecule has 0 radical (unpaired) electrons. The largest absolute Gasteiger partial charge is 0.453 e. The maximum Gasteiger partial charge on any atom is 0.326 e. The minimum atomic E-state index is -0.711. The van der Waals surface area contributed by atoms with E-state index >= 15 is 0 Å². The fourth-order valence-electron chi connectivity index (χ4n) is 5.21. The van der Waals surface area contributed by atoms with E-state index in [9.17, 15) is 24.0 Å². The first-order valence-corrected chi connectivity index (χ1v) is 15.2. The standard InChI is InChI=1S/C31H42N6O7/c1-4-20(2)27-29(40)33-14-7-17-37-24-18-21(9-11-23(24)34-31(37)42)28(39)32-13-6-16-36(15-5-8-26(38)35-27)30(41)25-12-10-22(44-25)19-43-3/h9-12,18,20,27H,4-8,13-17,19H2,1-3H3,(H,32,39)(H,33,40)(H,34,42)(H,35,38)/t20-,27-/m0/s1. The van der Waals surface area contributed by atoms with Crippen molar-refractivity contribution >= 4 is 34.7 Å². The number of H-pyrrole nitrogens is 1. The molecule has 1 aliphatic rings. The maximum absolute atomic E-state index is 13.3. The van der Waals surface area contributed by atoms with Crippen LogP contribution in [0.25, 0.3) is 11.0 Å². The van der Waals surface area contributed by atoms with Crippen molar-refractivity contribution in [2.24, 2.45) is 5.92 Å². The molecule has 0 aliphatic carbocycles. The fraction of sp³-hybridized carbons (Fsp3) is 0.516. The van der Waals surface area contributed by atoms with E-state index in [0.717, 1.165) is 0 Å². The quantitative estimate of drug-likeness (QED) is 0.343. The van der Waals surface area contributed by atoms with E-state index < -0.39 is 6.04 Å². The minimum absolute atomic E-state index is 0.0985. The summed E-state index contributed by atoms with van der Waals surface area (Å²) in [6.45, 7) is 5.63. The van der Waals surface area contributed by atoms with Gasteiger partial charge < -0.3 is 35.0 Å². The number of carbonyl (C=O) groups is 4. The number of hydrogen-bond donors (Lipinski definition) is 4. The van der Waals surface area contributed by atoms with Gasteiger partial charge in [-0.2, -0.15) is 0 Å². The average Bonchev–Trinajstić information content (AvgIpc) is 3.61. The van der Waals surface area contributed by atoms with Gasteiger partial charge in [0.05, 0.1) is 11.0 Å². The van der Waals surface area contributed by atoms with Gasteiger partial charge in [-0.25, -0.2) is 4.79 Å². The molecular weight excluding hydrogens is 568 g/mol. The Kier molecular flexibility index (Phi) is 11.4. The number of aryl methyl sites for hydroxylation is 1. The van der Waals surface area contributed by atoms with E-state index in [0.29, 0.717) is 74.2 Å². The zero-order chi connectivity index (χ0) is 31.6. The molecule has 1 aliphatic heterocycles. The summed E-state index contributed by atoms with van der Waals surface area (Å²) in [6, 6.07) is 7.58. The molecule has 13 heteroatoms. The van der Waals surface area contributed by atoms with Gasteiger partial charge in [-0.3, -0.25) is 23.7 Å². The van der Waals surface area contributed by atoms with Crippen LogP contribution in [-0.2, 0) is 27.5 Å². The SMILES string of the molecule is CC[C@H](C)[C@@H]1NC(=O)CCCN(C(=O)c2ccc(COC)o2)CCCNC(=O)c2ccc3[nH]c(=O)n(c3c2)CCCNC1=O. The zero-order valence-electron chi connectivity index (χ0n) is 25.6. The van der Waals surface area contributed by atoms with Gasteiger partial charge in [-0.05, 0) is 55.5 Å². The summed E-state index contributed by atoms with van der Waals surface area (Å²) in [4.78, 5) is 69.4. The Balaban J connectivity index is 1.55. The Morgan fingerprint density at radius 2 is 1.77 bits per heavy atom. The second-order valence-electron chi connectivity index (χ2n) is 11.1. The predicted octanol–water partition coefficient (Wildman–Crippen LogP) is 2.16. The molecule has 0 saturated carbocycles. The van der Waals surface area contributed by atoms with Crippen LogP contribution in [0.1, 0.15) is 72.6 Å². The second kappa shape index (κ2) is 15.4. The molecule has 4 amide bonds. The average molecular weight is 611 g/mol. The summed E-state index contributed by atoms with van der Waals surface area (Å²) < 4.78 is 12.3. The molecule has 2 aromatic heterocycles. The highest BCUT2D eigenvalue weighted by Gasteiger charge is 2.26. The lowest BCUT2D eigenvalue weighted by molar-refractivity contribution is -0.130. The first-order valence-electron chi connectivity index (χ1n) is 15.2. The van der Waals surface area contributed by atoms with Crippen molar-refractivity contribution in [2.45, 2.75) is 65.1 Å². The number of amides is 4. The minimum Gasteiger partial charge on any atom is -0.453 e. The predicted molar refractivity (Wildman–Crippen MR) is 163 cm³/mol. The lowest BCUT2D eigenvalue weighted by Crippen LogP contribution is -2.50. The molecule has 0 fully saturated rings. The van der Waals surface area contributed by atoms with Gasteiger partial charge in [-0.1, -0.05) is 20.3 Å². The summed E-state index contributed by atoms with van der Waals surface area (Å²) in [5.74, 6) is -0.613. The smallest absolute Gasteiger partial charge is 0.326 e. The van der Waals surface area contributed by atoms with Crippen molar-refractivity contribution in [3.63, 3.8) is 0 Å². The molecule has 2 bridgehead atoms. The number of benzene rings is 1. The van der Waals surface area contributed by atoms with Crippen LogP contribution in [0.15, 0.2) is 39.5 Å². The van der Waals surface area contributed by atoms with Crippen LogP contribution >= 0.6 is 0 Å². The van der Waals surface area contributed by atoms with Crippen LogP contribution in [0.3, 0.4) is 0 Å². The molecule has 238 valence electrons. The summed E-state index contributed by atoms with van der Waals surface area (Å²) >= 11 is 0. The van der Waals surface area contributed by atoms with E-state index in [1.165, 1.54) is 7.11 Å². The number of fused-ring (bicyclic) bond motifs is 1. The monoisotopic (exact) mass is 610 g/mol. The van der Waals surface area contributed by atoms with E-state index in [1.54, 1.807) is 39.8 Å².